The van der Waals surface area contributed by atoms with Crippen LogP contribution in [-0.4, -0.2) is 13.3 Å². The third-order valence-electron chi connectivity index (χ3n) is 3.28. The van der Waals surface area contributed by atoms with E-state index in [-0.39, 0.29) is 0 Å². The molecule has 108 valence electrons. The smallest absolute Gasteiger partial charge is 0.376 e. The summed E-state index contributed by atoms with van der Waals surface area (Å²) in [6.07, 6.45) is 2.00. The van der Waals surface area contributed by atoms with E-state index in [9.17, 15) is 4.57 Å². The molecular formula is C15H25O3P. The van der Waals surface area contributed by atoms with Crippen LogP contribution in [0.25, 0.3) is 0 Å². The molecule has 0 saturated heterocycles. The number of hydrogen-bond acceptors (Lipinski definition) is 3. The van der Waals surface area contributed by atoms with Crippen molar-refractivity contribution < 1.29 is 13.6 Å². The molecule has 2 unspecified atom stereocenters. The zero-order valence-electron chi connectivity index (χ0n) is 12.3. The highest BCUT2D eigenvalue weighted by atomic mass is 31.2. The van der Waals surface area contributed by atoms with Crippen molar-refractivity contribution >= 4 is 7.60 Å². The van der Waals surface area contributed by atoms with Crippen molar-refractivity contribution in [3.8, 4) is 5.75 Å². The van der Waals surface area contributed by atoms with E-state index in [2.05, 4.69) is 20.8 Å². The largest absolute Gasteiger partial charge is 0.425 e. The third kappa shape index (κ3) is 6.79. The van der Waals surface area contributed by atoms with E-state index < -0.39 is 7.60 Å². The van der Waals surface area contributed by atoms with Crippen LogP contribution in [0, 0.1) is 11.8 Å². The van der Waals surface area contributed by atoms with Gasteiger partial charge in [-0.2, -0.15) is 0 Å². The summed E-state index contributed by atoms with van der Waals surface area (Å²) in [6, 6.07) is 9.14. The molecule has 0 aliphatic rings. The summed E-state index contributed by atoms with van der Waals surface area (Å²) in [4.78, 5) is 0. The van der Waals surface area contributed by atoms with Crippen LogP contribution >= 0.6 is 7.60 Å². The fourth-order valence-corrected chi connectivity index (χ4v) is 2.69. The van der Waals surface area contributed by atoms with Gasteiger partial charge >= 0.3 is 7.60 Å². The van der Waals surface area contributed by atoms with Crippen LogP contribution in [0.4, 0.5) is 0 Å². The number of hydrogen-bond donors (Lipinski definition) is 0. The second-order valence-electron chi connectivity index (χ2n) is 5.37. The Balaban J connectivity index is 2.30. The zero-order chi connectivity index (χ0) is 14.3. The number of rotatable bonds is 8. The summed E-state index contributed by atoms with van der Waals surface area (Å²) in [5.74, 6) is 1.92. The Morgan fingerprint density at radius 1 is 1.16 bits per heavy atom. The maximum atomic E-state index is 12.1. The van der Waals surface area contributed by atoms with Crippen molar-refractivity contribution in [2.24, 2.45) is 11.8 Å². The average molecular weight is 284 g/mol. The number of para-hydroxylation sites is 1. The van der Waals surface area contributed by atoms with Crippen LogP contribution in [-0.2, 0) is 9.09 Å². The van der Waals surface area contributed by atoms with E-state index in [0.29, 0.717) is 24.2 Å². The second-order valence-corrected chi connectivity index (χ2v) is 7.36. The first-order chi connectivity index (χ1) is 8.91. The minimum absolute atomic E-state index is 0.484. The summed E-state index contributed by atoms with van der Waals surface area (Å²) in [7, 11) is -3.00. The Kier molecular flexibility index (Phi) is 6.60. The van der Waals surface area contributed by atoms with Crippen molar-refractivity contribution in [2.75, 3.05) is 13.3 Å². The molecule has 0 radical (unpaired) electrons. The summed E-state index contributed by atoms with van der Waals surface area (Å²) in [5, 5.41) is 0. The summed E-state index contributed by atoms with van der Waals surface area (Å²) in [5.41, 5.74) is 0. The first-order valence-electron chi connectivity index (χ1n) is 6.87. The van der Waals surface area contributed by atoms with Crippen LogP contribution in [0.15, 0.2) is 30.3 Å². The molecule has 0 aliphatic heterocycles. The Hall–Kier alpha value is -0.790. The average Bonchev–Trinajstić information content (AvgIpc) is 2.35. The fraction of sp³-hybridized carbons (Fsp3) is 0.600. The molecule has 3 nitrogen and oxygen atoms in total. The Labute approximate surface area is 116 Å². The molecule has 0 saturated carbocycles. The normalized spacial score (nSPS) is 16.1. The molecule has 4 heteroatoms. The minimum Gasteiger partial charge on any atom is -0.425 e. The van der Waals surface area contributed by atoms with Gasteiger partial charge < -0.3 is 4.52 Å². The molecule has 1 aromatic rings. The van der Waals surface area contributed by atoms with Crippen molar-refractivity contribution in [3.05, 3.63) is 30.3 Å². The Morgan fingerprint density at radius 2 is 1.79 bits per heavy atom. The predicted octanol–water partition coefficient (Wildman–Crippen LogP) is 4.98. The summed E-state index contributed by atoms with van der Waals surface area (Å²) < 4.78 is 22.9. The highest BCUT2D eigenvalue weighted by molar-refractivity contribution is 7.53. The lowest BCUT2D eigenvalue weighted by molar-refractivity contribution is 0.249. The molecule has 0 N–H and O–H groups in total. The van der Waals surface area contributed by atoms with Crippen molar-refractivity contribution in [1.29, 1.82) is 0 Å². The zero-order valence-corrected chi connectivity index (χ0v) is 13.2. The fourth-order valence-electron chi connectivity index (χ4n) is 1.67. The summed E-state index contributed by atoms with van der Waals surface area (Å²) >= 11 is 0. The van der Waals surface area contributed by atoms with Gasteiger partial charge in [0.2, 0.25) is 0 Å². The molecule has 0 bridgehead atoms. The molecule has 1 rings (SSSR count). The van der Waals surface area contributed by atoms with Gasteiger partial charge in [0.1, 0.15) is 5.75 Å². The molecule has 0 fully saturated rings. The molecule has 0 amide bonds. The molecule has 0 aromatic heterocycles. The molecule has 0 spiro atoms. The lowest BCUT2D eigenvalue weighted by Crippen LogP contribution is -2.06. The first kappa shape index (κ1) is 16.3. The van der Waals surface area contributed by atoms with Crippen LogP contribution < -0.4 is 4.52 Å². The standard InChI is InChI=1S/C15H25O3P/c1-13(2)14(3)9-8-12-17-19(4,16)18-15-10-6-5-7-11-15/h5-7,10-11,13-14H,8-9,12H2,1-4H3. The molecule has 2 atom stereocenters. The van der Waals surface area contributed by atoms with Crippen LogP contribution in [0.1, 0.15) is 33.6 Å². The predicted molar refractivity (Wildman–Crippen MR) is 79.8 cm³/mol. The molecule has 19 heavy (non-hydrogen) atoms. The van der Waals surface area contributed by atoms with E-state index in [1.165, 1.54) is 6.66 Å². The van der Waals surface area contributed by atoms with E-state index in [0.717, 1.165) is 12.8 Å². The van der Waals surface area contributed by atoms with Gasteiger partial charge in [-0.1, -0.05) is 39.0 Å². The van der Waals surface area contributed by atoms with E-state index in [1.807, 2.05) is 18.2 Å². The molecule has 0 heterocycles. The molecule has 0 aliphatic carbocycles. The lowest BCUT2D eigenvalue weighted by atomic mass is 9.94. The quantitative estimate of drug-likeness (QED) is 0.499. The van der Waals surface area contributed by atoms with Crippen LogP contribution in [0.2, 0.25) is 0 Å². The maximum Gasteiger partial charge on any atom is 0.376 e. The van der Waals surface area contributed by atoms with Gasteiger partial charge in [0, 0.05) is 6.66 Å². The van der Waals surface area contributed by atoms with Crippen molar-refractivity contribution in [3.63, 3.8) is 0 Å². The topological polar surface area (TPSA) is 35.5 Å². The van der Waals surface area contributed by atoms with Gasteiger partial charge in [-0.25, -0.2) is 4.57 Å². The lowest BCUT2D eigenvalue weighted by Gasteiger charge is -2.17. The van der Waals surface area contributed by atoms with Crippen LogP contribution in [0.3, 0.4) is 0 Å². The van der Waals surface area contributed by atoms with Gasteiger partial charge in [-0.05, 0) is 36.8 Å². The third-order valence-corrected chi connectivity index (χ3v) is 4.48. The number of benzene rings is 1. The maximum absolute atomic E-state index is 12.1. The van der Waals surface area contributed by atoms with Gasteiger partial charge in [-0.3, -0.25) is 4.52 Å². The SMILES string of the molecule is CC(C)C(C)CCCOP(C)(=O)Oc1ccccc1. The highest BCUT2D eigenvalue weighted by Gasteiger charge is 2.18. The van der Waals surface area contributed by atoms with Gasteiger partial charge in [0.25, 0.3) is 0 Å². The monoisotopic (exact) mass is 284 g/mol. The van der Waals surface area contributed by atoms with E-state index in [1.54, 1.807) is 12.1 Å². The van der Waals surface area contributed by atoms with E-state index in [4.69, 9.17) is 9.05 Å². The van der Waals surface area contributed by atoms with Gasteiger partial charge in [-0.15, -0.1) is 0 Å². The molecular weight excluding hydrogens is 259 g/mol. The highest BCUT2D eigenvalue weighted by Crippen LogP contribution is 2.44. The Bertz CT molecular complexity index is 403. The Morgan fingerprint density at radius 3 is 2.37 bits per heavy atom. The van der Waals surface area contributed by atoms with Crippen molar-refractivity contribution in [2.45, 2.75) is 33.6 Å². The van der Waals surface area contributed by atoms with Crippen molar-refractivity contribution in [1.82, 2.24) is 0 Å². The van der Waals surface area contributed by atoms with Crippen LogP contribution in [0.5, 0.6) is 5.75 Å². The summed E-state index contributed by atoms with van der Waals surface area (Å²) in [6.45, 7) is 8.67. The van der Waals surface area contributed by atoms with Gasteiger partial charge in [0.15, 0.2) is 0 Å². The minimum atomic E-state index is -3.00. The second kappa shape index (κ2) is 7.72. The van der Waals surface area contributed by atoms with E-state index >= 15 is 0 Å². The first-order valence-corrected chi connectivity index (χ1v) is 8.86. The molecule has 1 aromatic carbocycles. The van der Waals surface area contributed by atoms with Gasteiger partial charge in [0.05, 0.1) is 6.61 Å².